The van der Waals surface area contributed by atoms with E-state index in [0.717, 1.165) is 24.2 Å². The van der Waals surface area contributed by atoms with Crippen LogP contribution in [-0.4, -0.2) is 21.0 Å². The van der Waals surface area contributed by atoms with Crippen molar-refractivity contribution in [2.24, 2.45) is 0 Å². The van der Waals surface area contributed by atoms with Gasteiger partial charge in [0.15, 0.2) is 11.6 Å². The zero-order chi connectivity index (χ0) is 19.3. The monoisotopic (exact) mass is 374 g/mol. The Morgan fingerprint density at radius 3 is 2.75 bits per heavy atom. The molecule has 2 heterocycles. The molecule has 0 atom stereocenters. The number of aromatic carboxylic acids is 1. The maximum atomic E-state index is 11.0. The van der Waals surface area contributed by atoms with Crippen molar-refractivity contribution in [3.8, 4) is 11.4 Å². The Kier molecular flexibility index (Phi) is 5.01. The van der Waals surface area contributed by atoms with Crippen LogP contribution >= 0.6 is 0 Å². The molecule has 0 spiro atoms. The Labute approximate surface area is 162 Å². The van der Waals surface area contributed by atoms with Crippen LogP contribution in [0.5, 0.6) is 0 Å². The average Bonchev–Trinajstić information content (AvgIpc) is 2.75. The Bertz CT molecular complexity index is 1020. The van der Waals surface area contributed by atoms with Crippen LogP contribution in [0.15, 0.2) is 78.6 Å². The molecule has 0 saturated heterocycles. The van der Waals surface area contributed by atoms with Crippen LogP contribution in [0.25, 0.3) is 17.1 Å². The third kappa shape index (κ3) is 4.01. The molecule has 1 aromatic heterocycles. The predicted molar refractivity (Wildman–Crippen MR) is 104 cm³/mol. The summed E-state index contributed by atoms with van der Waals surface area (Å²) in [4.78, 5) is 19.8. The fourth-order valence-corrected chi connectivity index (χ4v) is 2.97. The molecule has 6 heteroatoms. The quantitative estimate of drug-likeness (QED) is 0.817. The third-order valence-corrected chi connectivity index (χ3v) is 4.42. The highest BCUT2D eigenvalue weighted by atomic mass is 16.5. The normalized spacial score (nSPS) is 15.6. The van der Waals surface area contributed by atoms with Crippen LogP contribution in [0.2, 0.25) is 0 Å². The van der Waals surface area contributed by atoms with Crippen LogP contribution in [0.3, 0.4) is 0 Å². The highest BCUT2D eigenvalue weighted by molar-refractivity contribution is 5.88. The minimum absolute atomic E-state index is 0.216. The van der Waals surface area contributed by atoms with Gasteiger partial charge in [0.1, 0.15) is 24.0 Å². The van der Waals surface area contributed by atoms with Gasteiger partial charge in [0, 0.05) is 18.2 Å². The van der Waals surface area contributed by atoms with Crippen molar-refractivity contribution in [3.05, 3.63) is 89.9 Å². The van der Waals surface area contributed by atoms with Gasteiger partial charge in [0.2, 0.25) is 0 Å². The van der Waals surface area contributed by atoms with Gasteiger partial charge in [0.05, 0.1) is 5.56 Å². The number of nitrogens with zero attached hydrogens (tertiary/aromatic N) is 2. The first-order chi connectivity index (χ1) is 13.7. The van der Waals surface area contributed by atoms with Gasteiger partial charge in [-0.2, -0.15) is 0 Å². The van der Waals surface area contributed by atoms with Crippen molar-refractivity contribution in [2.75, 3.05) is 0 Å². The summed E-state index contributed by atoms with van der Waals surface area (Å²) in [5, 5.41) is 9.02. The number of hydrogen-bond donors (Lipinski definition) is 1. The fourth-order valence-electron chi connectivity index (χ4n) is 2.97. The Hall–Kier alpha value is -3.67. The lowest BCUT2D eigenvalue weighted by Gasteiger charge is -2.18. The summed E-state index contributed by atoms with van der Waals surface area (Å²) in [6.07, 6.45) is 13.8. The largest absolute Gasteiger partial charge is 0.478 e. The lowest BCUT2D eigenvalue weighted by Crippen LogP contribution is -2.04. The van der Waals surface area contributed by atoms with Crippen LogP contribution in [-0.2, 0) is 9.47 Å². The van der Waals surface area contributed by atoms with E-state index in [1.165, 1.54) is 24.0 Å². The van der Waals surface area contributed by atoms with Gasteiger partial charge in [-0.15, -0.1) is 0 Å². The summed E-state index contributed by atoms with van der Waals surface area (Å²) in [5.41, 5.74) is 2.82. The first-order valence-electron chi connectivity index (χ1n) is 8.93. The van der Waals surface area contributed by atoms with Crippen LogP contribution < -0.4 is 0 Å². The van der Waals surface area contributed by atoms with Crippen molar-refractivity contribution in [3.63, 3.8) is 0 Å². The molecule has 0 radical (unpaired) electrons. The number of benzene rings is 1. The van der Waals surface area contributed by atoms with Gasteiger partial charge < -0.3 is 14.6 Å². The van der Waals surface area contributed by atoms with Crippen LogP contribution in [0.4, 0.5) is 0 Å². The van der Waals surface area contributed by atoms with E-state index in [0.29, 0.717) is 23.7 Å². The Morgan fingerprint density at radius 1 is 1.14 bits per heavy atom. The second kappa shape index (κ2) is 7.92. The van der Waals surface area contributed by atoms with Crippen molar-refractivity contribution >= 4 is 11.7 Å². The maximum absolute atomic E-state index is 11.0. The summed E-state index contributed by atoms with van der Waals surface area (Å²) >= 11 is 0. The van der Waals surface area contributed by atoms with E-state index in [9.17, 15) is 4.79 Å². The molecule has 4 rings (SSSR count). The standard InChI is InChI=1S/C22H18N2O4/c25-22(26)17-8-6-16(7-9-17)21-23-11-10-19(24-21)20-14-27-13-18(28-20)12-15-4-2-1-3-5-15/h1-2,4,6-11,13-14H,3,5,12H2,(H,25,26). The zero-order valence-corrected chi connectivity index (χ0v) is 15.0. The van der Waals surface area contributed by atoms with Crippen LogP contribution in [0, 0.1) is 0 Å². The van der Waals surface area contributed by atoms with E-state index in [1.54, 1.807) is 30.7 Å². The molecular formula is C22H18N2O4. The number of carboxylic acid groups (broad SMARTS) is 1. The molecule has 1 aliphatic carbocycles. The Balaban J connectivity index is 1.51. The summed E-state index contributed by atoms with van der Waals surface area (Å²) in [7, 11) is 0. The van der Waals surface area contributed by atoms with Gasteiger partial charge in [0.25, 0.3) is 0 Å². The van der Waals surface area contributed by atoms with Gasteiger partial charge in [-0.05, 0) is 31.0 Å². The number of allylic oxidation sites excluding steroid dienone is 4. The maximum Gasteiger partial charge on any atom is 0.335 e. The number of hydrogen-bond acceptors (Lipinski definition) is 5. The van der Waals surface area contributed by atoms with Crippen molar-refractivity contribution in [2.45, 2.75) is 19.3 Å². The fraction of sp³-hybridized carbons (Fsp3) is 0.136. The van der Waals surface area contributed by atoms with Crippen molar-refractivity contribution in [1.82, 2.24) is 9.97 Å². The minimum atomic E-state index is -0.970. The number of aromatic nitrogens is 2. The molecule has 1 aromatic carbocycles. The topological polar surface area (TPSA) is 81.5 Å². The SMILES string of the molecule is O=C(O)c1ccc(-c2nccc(C3=COC=C(CC4=CC=CCC4)O3)n2)cc1. The second-order valence-electron chi connectivity index (χ2n) is 6.42. The first-order valence-corrected chi connectivity index (χ1v) is 8.93. The molecule has 0 saturated carbocycles. The van der Waals surface area contributed by atoms with Gasteiger partial charge >= 0.3 is 5.97 Å². The molecule has 0 fully saturated rings. The van der Waals surface area contributed by atoms with Crippen LogP contribution in [0.1, 0.15) is 35.3 Å². The first kappa shape index (κ1) is 17.7. The van der Waals surface area contributed by atoms with Gasteiger partial charge in [-0.1, -0.05) is 35.9 Å². The molecule has 28 heavy (non-hydrogen) atoms. The molecule has 0 unspecified atom stereocenters. The van der Waals surface area contributed by atoms with Gasteiger partial charge in [-0.25, -0.2) is 14.8 Å². The Morgan fingerprint density at radius 2 is 2.00 bits per heavy atom. The summed E-state index contributed by atoms with van der Waals surface area (Å²) in [6, 6.07) is 8.17. The molecule has 140 valence electrons. The van der Waals surface area contributed by atoms with E-state index in [2.05, 4.69) is 28.2 Å². The minimum Gasteiger partial charge on any atom is -0.478 e. The van der Waals surface area contributed by atoms with E-state index < -0.39 is 5.97 Å². The molecule has 6 nitrogen and oxygen atoms in total. The molecule has 2 aliphatic rings. The second-order valence-corrected chi connectivity index (χ2v) is 6.42. The molecular weight excluding hydrogens is 356 g/mol. The molecule has 0 bridgehead atoms. The summed E-state index contributed by atoms with van der Waals surface area (Å²) in [5.74, 6) is 0.748. The van der Waals surface area contributed by atoms with E-state index in [1.807, 2.05) is 0 Å². The van der Waals surface area contributed by atoms with E-state index >= 15 is 0 Å². The number of rotatable bonds is 5. The number of ether oxygens (including phenoxy) is 2. The number of carbonyl (C=O) groups is 1. The van der Waals surface area contributed by atoms with Gasteiger partial charge in [-0.3, -0.25) is 0 Å². The molecule has 2 aromatic rings. The lowest BCUT2D eigenvalue weighted by atomic mass is 10.0. The van der Waals surface area contributed by atoms with Crippen molar-refractivity contribution in [1.29, 1.82) is 0 Å². The predicted octanol–water partition coefficient (Wildman–Crippen LogP) is 4.69. The highest BCUT2D eigenvalue weighted by Gasteiger charge is 2.16. The highest BCUT2D eigenvalue weighted by Crippen LogP contribution is 2.28. The third-order valence-electron chi connectivity index (χ3n) is 4.42. The number of carboxylic acids is 1. The zero-order valence-electron chi connectivity index (χ0n) is 15.0. The molecule has 1 N–H and O–H groups in total. The summed E-state index contributed by atoms with van der Waals surface area (Å²) in [6.45, 7) is 0. The molecule has 1 aliphatic heterocycles. The molecule has 0 amide bonds. The van der Waals surface area contributed by atoms with E-state index in [4.69, 9.17) is 14.6 Å². The van der Waals surface area contributed by atoms with E-state index in [-0.39, 0.29) is 5.56 Å². The smallest absolute Gasteiger partial charge is 0.335 e. The lowest BCUT2D eigenvalue weighted by molar-refractivity contribution is 0.0697. The van der Waals surface area contributed by atoms with Crippen molar-refractivity contribution < 1.29 is 19.4 Å². The average molecular weight is 374 g/mol. The summed E-state index contributed by atoms with van der Waals surface area (Å²) < 4.78 is 11.4.